The summed E-state index contributed by atoms with van der Waals surface area (Å²) in [6.07, 6.45) is 1.07. The van der Waals surface area contributed by atoms with Gasteiger partial charge in [0.15, 0.2) is 0 Å². The van der Waals surface area contributed by atoms with Crippen molar-refractivity contribution in [3.8, 4) is 0 Å². The maximum Gasteiger partial charge on any atom is 0.307 e. The maximum absolute atomic E-state index is 12.2. The molecule has 0 heterocycles. The number of carboxylic acids is 1. The molecule has 0 radical (unpaired) electrons. The van der Waals surface area contributed by atoms with E-state index in [1.807, 2.05) is 6.92 Å². The molecule has 6 heteroatoms. The highest BCUT2D eigenvalue weighted by Crippen LogP contribution is 2.37. The third-order valence-corrected chi connectivity index (χ3v) is 3.48. The van der Waals surface area contributed by atoms with Gasteiger partial charge in [-0.3, -0.25) is 9.59 Å². The van der Waals surface area contributed by atoms with Crippen LogP contribution in [0.1, 0.15) is 19.8 Å². The summed E-state index contributed by atoms with van der Waals surface area (Å²) in [5.74, 6) is -2.17. The molecule has 0 bridgehead atoms. The lowest BCUT2D eigenvalue weighted by atomic mass is 9.94. The van der Waals surface area contributed by atoms with Crippen LogP contribution < -0.4 is 0 Å². The number of hydrogen-bond acceptors (Lipinski definition) is 4. The second kappa shape index (κ2) is 6.70. The lowest BCUT2D eigenvalue weighted by Crippen LogP contribution is -2.42. The first-order valence-corrected chi connectivity index (χ1v) is 6.24. The van der Waals surface area contributed by atoms with Gasteiger partial charge in [0.2, 0.25) is 5.91 Å². The van der Waals surface area contributed by atoms with Crippen LogP contribution in [0, 0.1) is 17.8 Å². The van der Waals surface area contributed by atoms with Gasteiger partial charge in [-0.2, -0.15) is 0 Å². The monoisotopic (exact) mass is 259 g/mol. The predicted molar refractivity (Wildman–Crippen MR) is 63.8 cm³/mol. The number of carbonyl (C=O) groups is 2. The Morgan fingerprint density at radius 2 is 1.61 bits per heavy atom. The van der Waals surface area contributed by atoms with Gasteiger partial charge < -0.3 is 20.2 Å². The average molecular weight is 259 g/mol. The molecule has 6 nitrogen and oxygen atoms in total. The molecule has 1 aliphatic carbocycles. The van der Waals surface area contributed by atoms with Crippen LogP contribution in [-0.4, -0.2) is 58.4 Å². The van der Waals surface area contributed by atoms with Crippen LogP contribution in [0.2, 0.25) is 0 Å². The summed E-state index contributed by atoms with van der Waals surface area (Å²) in [7, 11) is 0. The van der Waals surface area contributed by atoms with Crippen molar-refractivity contribution in [1.82, 2.24) is 4.90 Å². The number of rotatable bonds is 6. The Morgan fingerprint density at radius 1 is 1.11 bits per heavy atom. The summed E-state index contributed by atoms with van der Waals surface area (Å²) >= 11 is 0. The van der Waals surface area contributed by atoms with E-state index in [1.165, 1.54) is 4.90 Å². The van der Waals surface area contributed by atoms with E-state index < -0.39 is 17.8 Å². The second-order valence-corrected chi connectivity index (χ2v) is 4.90. The van der Waals surface area contributed by atoms with Crippen molar-refractivity contribution in [2.45, 2.75) is 19.8 Å². The first kappa shape index (κ1) is 14.9. The van der Waals surface area contributed by atoms with Crippen molar-refractivity contribution >= 4 is 11.9 Å². The minimum atomic E-state index is -0.939. The number of aliphatic hydroxyl groups is 2. The molecule has 1 rings (SSSR count). The van der Waals surface area contributed by atoms with E-state index in [9.17, 15) is 9.59 Å². The summed E-state index contributed by atoms with van der Waals surface area (Å²) in [5.41, 5.74) is 0. The number of carboxylic acid groups (broad SMARTS) is 1. The lowest BCUT2D eigenvalue weighted by molar-refractivity contribution is -0.149. The Bertz CT molecular complexity index is 301. The highest BCUT2D eigenvalue weighted by atomic mass is 16.4. The van der Waals surface area contributed by atoms with Crippen molar-refractivity contribution in [3.63, 3.8) is 0 Å². The van der Waals surface area contributed by atoms with Gasteiger partial charge in [-0.1, -0.05) is 6.92 Å². The molecule has 0 aromatic rings. The molecule has 1 unspecified atom stereocenters. The smallest absolute Gasteiger partial charge is 0.307 e. The van der Waals surface area contributed by atoms with E-state index >= 15 is 0 Å². The number of carbonyl (C=O) groups excluding carboxylic acids is 1. The minimum absolute atomic E-state index is 0.136. The van der Waals surface area contributed by atoms with Crippen LogP contribution in [0.25, 0.3) is 0 Å². The lowest BCUT2D eigenvalue weighted by Gasteiger charge is -2.26. The van der Waals surface area contributed by atoms with Gasteiger partial charge >= 0.3 is 5.97 Å². The fourth-order valence-electron chi connectivity index (χ4n) is 2.65. The zero-order valence-corrected chi connectivity index (χ0v) is 10.6. The van der Waals surface area contributed by atoms with Gasteiger partial charge in [0.1, 0.15) is 0 Å². The quantitative estimate of drug-likeness (QED) is 0.600. The topological polar surface area (TPSA) is 98.1 Å². The number of hydrogen-bond donors (Lipinski definition) is 3. The summed E-state index contributed by atoms with van der Waals surface area (Å²) < 4.78 is 0. The summed E-state index contributed by atoms with van der Waals surface area (Å²) in [4.78, 5) is 24.7. The van der Waals surface area contributed by atoms with Crippen molar-refractivity contribution in [2.24, 2.45) is 17.8 Å². The van der Waals surface area contributed by atoms with E-state index in [4.69, 9.17) is 15.3 Å². The molecule has 1 saturated carbocycles. The van der Waals surface area contributed by atoms with Gasteiger partial charge in [-0.15, -0.1) is 0 Å². The van der Waals surface area contributed by atoms with Gasteiger partial charge in [-0.25, -0.2) is 0 Å². The Hall–Kier alpha value is -1.14. The highest BCUT2D eigenvalue weighted by molar-refractivity contribution is 5.85. The van der Waals surface area contributed by atoms with E-state index in [0.29, 0.717) is 12.8 Å². The fraction of sp³-hybridized carbons (Fsp3) is 0.833. The predicted octanol–water partition coefficient (Wildman–Crippen LogP) is -0.453. The van der Waals surface area contributed by atoms with Gasteiger partial charge in [0.05, 0.1) is 25.0 Å². The zero-order chi connectivity index (χ0) is 13.7. The SMILES string of the molecule is CC1C[C@H](C(=O)N(CCO)CCO)[C@H](C(=O)O)C1. The molecule has 18 heavy (non-hydrogen) atoms. The normalized spacial score (nSPS) is 27.2. The molecule has 0 aliphatic heterocycles. The molecule has 1 fully saturated rings. The molecule has 3 atom stereocenters. The highest BCUT2D eigenvalue weighted by Gasteiger charge is 2.42. The molecular weight excluding hydrogens is 238 g/mol. The molecule has 0 aromatic carbocycles. The van der Waals surface area contributed by atoms with Crippen LogP contribution in [-0.2, 0) is 9.59 Å². The molecule has 1 aliphatic rings. The van der Waals surface area contributed by atoms with E-state index in [1.54, 1.807) is 0 Å². The summed E-state index contributed by atoms with van der Waals surface area (Å²) in [6, 6.07) is 0. The fourth-order valence-corrected chi connectivity index (χ4v) is 2.65. The van der Waals surface area contributed by atoms with Crippen LogP contribution in [0.4, 0.5) is 0 Å². The standard InChI is InChI=1S/C12H21NO5/c1-8-6-9(10(7-8)12(17)18)11(16)13(2-4-14)3-5-15/h8-10,14-15H,2-7H2,1H3,(H,17,18)/t8?,9-,10+/m0/s1. The number of aliphatic carboxylic acids is 1. The molecule has 0 saturated heterocycles. The zero-order valence-electron chi connectivity index (χ0n) is 10.6. The third kappa shape index (κ3) is 3.43. The van der Waals surface area contributed by atoms with Crippen molar-refractivity contribution in [1.29, 1.82) is 0 Å². The van der Waals surface area contributed by atoms with Gasteiger partial charge in [0.25, 0.3) is 0 Å². The van der Waals surface area contributed by atoms with Crippen LogP contribution in [0.15, 0.2) is 0 Å². The largest absolute Gasteiger partial charge is 0.481 e. The molecule has 0 spiro atoms. The van der Waals surface area contributed by atoms with Gasteiger partial charge in [-0.05, 0) is 18.8 Å². The first-order chi connectivity index (χ1) is 8.51. The Kier molecular flexibility index (Phi) is 5.55. The van der Waals surface area contributed by atoms with Crippen molar-refractivity contribution in [2.75, 3.05) is 26.3 Å². The van der Waals surface area contributed by atoms with E-state index in [2.05, 4.69) is 0 Å². The van der Waals surface area contributed by atoms with Crippen molar-refractivity contribution < 1.29 is 24.9 Å². The Labute approximate surface area is 106 Å². The van der Waals surface area contributed by atoms with Gasteiger partial charge in [0, 0.05) is 13.1 Å². The van der Waals surface area contributed by atoms with Crippen LogP contribution in [0.5, 0.6) is 0 Å². The van der Waals surface area contributed by atoms with Crippen LogP contribution >= 0.6 is 0 Å². The molecule has 104 valence electrons. The number of amides is 1. The third-order valence-electron chi connectivity index (χ3n) is 3.48. The maximum atomic E-state index is 12.2. The van der Waals surface area contributed by atoms with Crippen molar-refractivity contribution in [3.05, 3.63) is 0 Å². The number of nitrogens with zero attached hydrogens (tertiary/aromatic N) is 1. The van der Waals surface area contributed by atoms with E-state index in [0.717, 1.165) is 0 Å². The molecular formula is C12H21NO5. The number of aliphatic hydroxyl groups excluding tert-OH is 2. The summed E-state index contributed by atoms with van der Waals surface area (Å²) in [6.45, 7) is 1.83. The average Bonchev–Trinajstić information content (AvgIpc) is 2.70. The summed E-state index contributed by atoms with van der Waals surface area (Å²) in [5, 5.41) is 26.9. The first-order valence-electron chi connectivity index (χ1n) is 6.24. The van der Waals surface area contributed by atoms with Crippen LogP contribution in [0.3, 0.4) is 0 Å². The molecule has 3 N–H and O–H groups in total. The Balaban J connectivity index is 2.76. The Morgan fingerprint density at radius 3 is 2.06 bits per heavy atom. The molecule has 0 aromatic heterocycles. The second-order valence-electron chi connectivity index (χ2n) is 4.90. The minimum Gasteiger partial charge on any atom is -0.481 e. The van der Waals surface area contributed by atoms with E-state index in [-0.39, 0.29) is 38.1 Å². The molecule has 1 amide bonds.